The van der Waals surface area contributed by atoms with Crippen LogP contribution in [0.5, 0.6) is 5.75 Å². The molecule has 2 nitrogen and oxygen atoms in total. The molecule has 0 spiro atoms. The number of rotatable bonds is 3. The number of ether oxygens (including phenoxy) is 1. The van der Waals surface area contributed by atoms with Crippen molar-refractivity contribution in [2.24, 2.45) is 5.92 Å². The molecule has 1 fully saturated rings. The Labute approximate surface area is 103 Å². The molecule has 0 saturated carbocycles. The average Bonchev–Trinajstić information content (AvgIpc) is 2.65. The highest BCUT2D eigenvalue weighted by Gasteiger charge is 2.14. The van der Waals surface area contributed by atoms with E-state index in [1.54, 1.807) is 0 Å². The van der Waals surface area contributed by atoms with Gasteiger partial charge in [0.1, 0.15) is 5.75 Å². The van der Waals surface area contributed by atoms with Gasteiger partial charge in [-0.3, -0.25) is 0 Å². The summed E-state index contributed by atoms with van der Waals surface area (Å²) in [6, 6.07) is 5.63. The molecular weight excluding hydrogens is 277 g/mol. The van der Waals surface area contributed by atoms with Crippen molar-refractivity contribution in [1.82, 2.24) is 5.32 Å². The molecule has 82 valence electrons. The predicted octanol–water partition coefficient (Wildman–Crippen LogP) is 3.09. The maximum absolute atomic E-state index is 5.92. The van der Waals surface area contributed by atoms with Gasteiger partial charge in [0.25, 0.3) is 0 Å². The van der Waals surface area contributed by atoms with E-state index in [2.05, 4.69) is 21.2 Å². The molecule has 0 radical (unpaired) electrons. The van der Waals surface area contributed by atoms with Gasteiger partial charge in [-0.25, -0.2) is 0 Å². The summed E-state index contributed by atoms with van der Waals surface area (Å²) in [4.78, 5) is 0. The second-order valence-corrected chi connectivity index (χ2v) is 5.13. The summed E-state index contributed by atoms with van der Waals surface area (Å²) in [6.45, 7) is 2.93. The van der Waals surface area contributed by atoms with Gasteiger partial charge in [0.15, 0.2) is 0 Å². The molecule has 4 heteroatoms. The van der Waals surface area contributed by atoms with Gasteiger partial charge in [-0.05, 0) is 31.2 Å². The Morgan fingerprint density at radius 1 is 1.47 bits per heavy atom. The van der Waals surface area contributed by atoms with Crippen molar-refractivity contribution >= 4 is 27.5 Å². The van der Waals surface area contributed by atoms with E-state index in [1.165, 1.54) is 6.42 Å². The zero-order chi connectivity index (χ0) is 10.7. The van der Waals surface area contributed by atoms with Crippen molar-refractivity contribution in [2.75, 3.05) is 19.7 Å². The van der Waals surface area contributed by atoms with Crippen molar-refractivity contribution in [1.29, 1.82) is 0 Å². The summed E-state index contributed by atoms with van der Waals surface area (Å²) >= 11 is 9.31. The molecule has 2 rings (SSSR count). The van der Waals surface area contributed by atoms with E-state index in [-0.39, 0.29) is 0 Å². The standard InChI is InChI=1S/C11H13BrClNO/c12-9-3-10(13)5-11(4-9)15-7-8-1-2-14-6-8/h3-5,8,14H,1-2,6-7H2/t8-/m0/s1. The van der Waals surface area contributed by atoms with Crippen LogP contribution in [0.25, 0.3) is 0 Å². The zero-order valence-corrected chi connectivity index (χ0v) is 10.6. The van der Waals surface area contributed by atoms with E-state index in [4.69, 9.17) is 16.3 Å². The first kappa shape index (κ1) is 11.2. The molecule has 0 aliphatic carbocycles. The summed E-state index contributed by atoms with van der Waals surface area (Å²) < 4.78 is 6.65. The molecule has 0 unspecified atom stereocenters. The van der Waals surface area contributed by atoms with Gasteiger partial charge in [-0.15, -0.1) is 0 Å². The fourth-order valence-corrected chi connectivity index (χ4v) is 2.51. The molecule has 1 aromatic rings. The van der Waals surface area contributed by atoms with Crippen molar-refractivity contribution in [3.63, 3.8) is 0 Å². The van der Waals surface area contributed by atoms with Crippen LogP contribution in [-0.4, -0.2) is 19.7 Å². The minimum Gasteiger partial charge on any atom is -0.493 e. The molecule has 1 aromatic carbocycles. The third kappa shape index (κ3) is 3.37. The minimum atomic E-state index is 0.628. The summed E-state index contributed by atoms with van der Waals surface area (Å²) in [6.07, 6.45) is 1.20. The summed E-state index contributed by atoms with van der Waals surface area (Å²) in [7, 11) is 0. The molecule has 1 heterocycles. The first-order chi connectivity index (χ1) is 7.24. The SMILES string of the molecule is Clc1cc(Br)cc(OC[C@H]2CCNC2)c1. The van der Waals surface area contributed by atoms with Crippen molar-refractivity contribution < 1.29 is 4.74 Å². The largest absolute Gasteiger partial charge is 0.493 e. The van der Waals surface area contributed by atoms with Crippen LogP contribution in [0, 0.1) is 5.92 Å². The normalized spacial score (nSPS) is 20.5. The summed E-state index contributed by atoms with van der Waals surface area (Å²) in [5.41, 5.74) is 0. The maximum Gasteiger partial charge on any atom is 0.121 e. The Hall–Kier alpha value is -0.250. The van der Waals surface area contributed by atoms with Crippen LogP contribution in [0.2, 0.25) is 5.02 Å². The Balaban J connectivity index is 1.92. The molecule has 1 aliphatic rings. The number of benzene rings is 1. The van der Waals surface area contributed by atoms with Gasteiger partial charge >= 0.3 is 0 Å². The Morgan fingerprint density at radius 3 is 3.00 bits per heavy atom. The average molecular weight is 291 g/mol. The molecular formula is C11H13BrClNO. The van der Waals surface area contributed by atoms with Crippen LogP contribution in [-0.2, 0) is 0 Å². The van der Waals surface area contributed by atoms with E-state index in [0.717, 1.165) is 29.9 Å². The third-order valence-corrected chi connectivity index (χ3v) is 3.16. The van der Waals surface area contributed by atoms with Gasteiger partial charge in [-0.1, -0.05) is 27.5 Å². The molecule has 1 atom stereocenters. The molecule has 1 saturated heterocycles. The van der Waals surface area contributed by atoms with Crippen LogP contribution < -0.4 is 10.1 Å². The van der Waals surface area contributed by atoms with Crippen LogP contribution in [0.1, 0.15) is 6.42 Å². The van der Waals surface area contributed by atoms with E-state index < -0.39 is 0 Å². The Kier molecular flexibility index (Phi) is 3.89. The predicted molar refractivity (Wildman–Crippen MR) is 65.6 cm³/mol. The monoisotopic (exact) mass is 289 g/mol. The zero-order valence-electron chi connectivity index (χ0n) is 8.30. The lowest BCUT2D eigenvalue weighted by Crippen LogP contribution is -2.15. The topological polar surface area (TPSA) is 21.3 Å². The second kappa shape index (κ2) is 5.19. The van der Waals surface area contributed by atoms with E-state index in [9.17, 15) is 0 Å². The highest BCUT2D eigenvalue weighted by molar-refractivity contribution is 9.10. The van der Waals surface area contributed by atoms with Crippen molar-refractivity contribution in [3.8, 4) is 5.75 Å². The molecule has 15 heavy (non-hydrogen) atoms. The first-order valence-corrected chi connectivity index (χ1v) is 6.21. The summed E-state index contributed by atoms with van der Waals surface area (Å²) in [5, 5.41) is 4.01. The van der Waals surface area contributed by atoms with Crippen LogP contribution in [0.15, 0.2) is 22.7 Å². The molecule has 1 aliphatic heterocycles. The quantitative estimate of drug-likeness (QED) is 0.924. The van der Waals surface area contributed by atoms with E-state index in [1.807, 2.05) is 18.2 Å². The van der Waals surface area contributed by atoms with Crippen LogP contribution in [0.3, 0.4) is 0 Å². The molecule has 0 aromatic heterocycles. The lowest BCUT2D eigenvalue weighted by atomic mass is 10.1. The highest BCUT2D eigenvalue weighted by atomic mass is 79.9. The van der Waals surface area contributed by atoms with E-state index in [0.29, 0.717) is 10.9 Å². The summed E-state index contributed by atoms with van der Waals surface area (Å²) in [5.74, 6) is 1.46. The second-order valence-electron chi connectivity index (χ2n) is 3.77. The Morgan fingerprint density at radius 2 is 2.33 bits per heavy atom. The number of halogens is 2. The molecule has 0 bridgehead atoms. The lowest BCUT2D eigenvalue weighted by molar-refractivity contribution is 0.260. The van der Waals surface area contributed by atoms with Crippen molar-refractivity contribution in [3.05, 3.63) is 27.7 Å². The molecule has 0 amide bonds. The molecule has 1 N–H and O–H groups in total. The minimum absolute atomic E-state index is 0.628. The van der Waals surface area contributed by atoms with Gasteiger partial charge in [0.2, 0.25) is 0 Å². The fourth-order valence-electron chi connectivity index (χ4n) is 1.68. The maximum atomic E-state index is 5.92. The van der Waals surface area contributed by atoms with Crippen molar-refractivity contribution in [2.45, 2.75) is 6.42 Å². The highest BCUT2D eigenvalue weighted by Crippen LogP contribution is 2.25. The number of nitrogens with one attached hydrogen (secondary N) is 1. The van der Waals surface area contributed by atoms with Gasteiger partial charge < -0.3 is 10.1 Å². The van der Waals surface area contributed by atoms with Gasteiger partial charge in [-0.2, -0.15) is 0 Å². The van der Waals surface area contributed by atoms with Crippen LogP contribution in [0.4, 0.5) is 0 Å². The van der Waals surface area contributed by atoms with Crippen LogP contribution >= 0.6 is 27.5 Å². The number of hydrogen-bond acceptors (Lipinski definition) is 2. The van der Waals surface area contributed by atoms with E-state index >= 15 is 0 Å². The first-order valence-electron chi connectivity index (χ1n) is 5.03. The van der Waals surface area contributed by atoms with Gasteiger partial charge in [0, 0.05) is 22.0 Å². The third-order valence-electron chi connectivity index (χ3n) is 2.48. The number of hydrogen-bond donors (Lipinski definition) is 1. The lowest BCUT2D eigenvalue weighted by Gasteiger charge is -2.11. The fraction of sp³-hybridized carbons (Fsp3) is 0.455. The Bertz CT molecular complexity index is 319. The smallest absolute Gasteiger partial charge is 0.121 e. The van der Waals surface area contributed by atoms with Gasteiger partial charge in [0.05, 0.1) is 6.61 Å².